The van der Waals surface area contributed by atoms with Gasteiger partial charge in [-0.3, -0.25) is 9.98 Å². The minimum absolute atomic E-state index is 0.0594. The van der Waals surface area contributed by atoms with Crippen LogP contribution in [0, 0.1) is 6.92 Å². The molecule has 0 bridgehead atoms. The Bertz CT molecular complexity index is 881. The van der Waals surface area contributed by atoms with Gasteiger partial charge in [-0.2, -0.15) is 0 Å². The maximum absolute atomic E-state index is 5.50. The van der Waals surface area contributed by atoms with Crippen LogP contribution in [0.2, 0.25) is 0 Å². The number of aliphatic imine (C=N–C) groups is 1. The molecule has 5 rings (SSSR count). The second kappa shape index (κ2) is 7.41. The quantitative estimate of drug-likeness (QED) is 0.792. The zero-order chi connectivity index (χ0) is 19.1. The van der Waals surface area contributed by atoms with E-state index in [2.05, 4.69) is 59.0 Å². The van der Waals surface area contributed by atoms with Crippen molar-refractivity contribution in [2.45, 2.75) is 31.2 Å². The molecule has 2 fully saturated rings. The fourth-order valence-electron chi connectivity index (χ4n) is 4.46. The summed E-state index contributed by atoms with van der Waals surface area (Å²) in [5.41, 5.74) is 5.04. The van der Waals surface area contributed by atoms with Gasteiger partial charge in [-0.25, -0.2) is 0 Å². The molecular formula is C22H26N4OS. The van der Waals surface area contributed by atoms with E-state index in [0.29, 0.717) is 5.25 Å². The SMILES string of the molecule is Cc1cc(N2CCOCC2)ccc1[C@@H]1[C@@H](c2ccccn2)N=C2S[C@@H](C)CN21. The Morgan fingerprint density at radius 1 is 1.14 bits per heavy atom. The molecule has 3 atom stereocenters. The largest absolute Gasteiger partial charge is 0.378 e. The fraction of sp³-hybridized carbons (Fsp3) is 0.455. The van der Waals surface area contributed by atoms with E-state index in [1.165, 1.54) is 22.0 Å². The van der Waals surface area contributed by atoms with Gasteiger partial charge in [-0.05, 0) is 42.3 Å². The highest BCUT2D eigenvalue weighted by atomic mass is 32.2. The molecule has 2 aromatic rings. The van der Waals surface area contributed by atoms with E-state index in [0.717, 1.165) is 38.5 Å². The van der Waals surface area contributed by atoms with Crippen molar-refractivity contribution in [2.24, 2.45) is 4.99 Å². The lowest BCUT2D eigenvalue weighted by Crippen LogP contribution is -2.36. The predicted octanol–water partition coefficient (Wildman–Crippen LogP) is 3.82. The molecule has 0 N–H and O–H groups in total. The van der Waals surface area contributed by atoms with Crippen LogP contribution in [0.15, 0.2) is 47.6 Å². The van der Waals surface area contributed by atoms with Crippen LogP contribution < -0.4 is 4.90 Å². The van der Waals surface area contributed by atoms with Crippen LogP contribution in [-0.4, -0.2) is 53.1 Å². The summed E-state index contributed by atoms with van der Waals surface area (Å²) in [7, 11) is 0. The summed E-state index contributed by atoms with van der Waals surface area (Å²) >= 11 is 1.89. The average molecular weight is 395 g/mol. The van der Waals surface area contributed by atoms with Gasteiger partial charge in [0.15, 0.2) is 5.17 Å². The van der Waals surface area contributed by atoms with Crippen molar-refractivity contribution in [1.82, 2.24) is 9.88 Å². The summed E-state index contributed by atoms with van der Waals surface area (Å²) < 4.78 is 5.50. The first-order chi connectivity index (χ1) is 13.7. The third-order valence-electron chi connectivity index (χ3n) is 5.83. The van der Waals surface area contributed by atoms with E-state index < -0.39 is 0 Å². The molecule has 0 radical (unpaired) electrons. The van der Waals surface area contributed by atoms with E-state index in [1.807, 2.05) is 24.0 Å². The lowest BCUT2D eigenvalue weighted by atomic mass is 9.92. The average Bonchev–Trinajstić information content (AvgIpc) is 3.25. The van der Waals surface area contributed by atoms with Crippen LogP contribution in [0.4, 0.5) is 5.69 Å². The number of aromatic nitrogens is 1. The number of hydrogen-bond acceptors (Lipinski definition) is 6. The van der Waals surface area contributed by atoms with E-state index in [-0.39, 0.29) is 12.1 Å². The highest BCUT2D eigenvalue weighted by molar-refractivity contribution is 8.14. The minimum Gasteiger partial charge on any atom is -0.378 e. The topological polar surface area (TPSA) is 41.0 Å². The first kappa shape index (κ1) is 18.0. The number of amidine groups is 1. The van der Waals surface area contributed by atoms with Crippen LogP contribution >= 0.6 is 11.8 Å². The van der Waals surface area contributed by atoms with Crippen LogP contribution in [0.25, 0.3) is 0 Å². The van der Waals surface area contributed by atoms with Gasteiger partial charge in [0, 0.05) is 36.8 Å². The Kier molecular flexibility index (Phi) is 4.77. The summed E-state index contributed by atoms with van der Waals surface area (Å²) in [5.74, 6) is 0. The first-order valence-electron chi connectivity index (χ1n) is 10.1. The second-order valence-electron chi connectivity index (χ2n) is 7.78. The summed E-state index contributed by atoms with van der Waals surface area (Å²) in [5, 5.41) is 1.75. The number of pyridine rings is 1. The minimum atomic E-state index is 0.0594. The Morgan fingerprint density at radius 2 is 2.00 bits per heavy atom. The molecule has 6 heteroatoms. The van der Waals surface area contributed by atoms with Crippen molar-refractivity contribution in [3.63, 3.8) is 0 Å². The number of nitrogens with zero attached hydrogens (tertiary/aromatic N) is 4. The molecule has 146 valence electrons. The molecule has 1 aromatic heterocycles. The summed E-state index contributed by atoms with van der Waals surface area (Å²) in [4.78, 5) is 14.6. The van der Waals surface area contributed by atoms with Gasteiger partial charge in [-0.1, -0.05) is 30.8 Å². The summed E-state index contributed by atoms with van der Waals surface area (Å²) in [6.45, 7) is 9.11. The van der Waals surface area contributed by atoms with Gasteiger partial charge in [0.05, 0.1) is 24.9 Å². The van der Waals surface area contributed by atoms with Gasteiger partial charge in [0.2, 0.25) is 0 Å². The number of ether oxygens (including phenoxy) is 1. The number of rotatable bonds is 3. The molecule has 3 aliphatic heterocycles. The molecular weight excluding hydrogens is 368 g/mol. The van der Waals surface area contributed by atoms with E-state index >= 15 is 0 Å². The highest BCUT2D eigenvalue weighted by Crippen LogP contribution is 2.48. The maximum Gasteiger partial charge on any atom is 0.160 e. The van der Waals surface area contributed by atoms with Gasteiger partial charge in [-0.15, -0.1) is 0 Å². The highest BCUT2D eigenvalue weighted by Gasteiger charge is 2.44. The lowest BCUT2D eigenvalue weighted by molar-refractivity contribution is 0.122. The first-order valence-corrected chi connectivity index (χ1v) is 10.9. The smallest absolute Gasteiger partial charge is 0.160 e. The third-order valence-corrected chi connectivity index (χ3v) is 6.93. The number of hydrogen-bond donors (Lipinski definition) is 0. The monoisotopic (exact) mass is 394 g/mol. The normalized spacial score (nSPS) is 27.1. The number of fused-ring (bicyclic) bond motifs is 1. The number of anilines is 1. The zero-order valence-corrected chi connectivity index (χ0v) is 17.2. The van der Waals surface area contributed by atoms with Crippen molar-refractivity contribution in [1.29, 1.82) is 0 Å². The van der Waals surface area contributed by atoms with Gasteiger partial charge >= 0.3 is 0 Å². The third kappa shape index (κ3) is 3.18. The molecule has 0 spiro atoms. The van der Waals surface area contributed by atoms with Crippen molar-refractivity contribution in [2.75, 3.05) is 37.7 Å². The van der Waals surface area contributed by atoms with Gasteiger partial charge < -0.3 is 14.5 Å². The number of thioether (sulfide) groups is 1. The molecule has 28 heavy (non-hydrogen) atoms. The summed E-state index contributed by atoms with van der Waals surface area (Å²) in [6, 6.07) is 13.3. The molecule has 2 saturated heterocycles. The molecule has 0 amide bonds. The van der Waals surface area contributed by atoms with Crippen molar-refractivity contribution in [3.8, 4) is 0 Å². The van der Waals surface area contributed by atoms with Crippen molar-refractivity contribution < 1.29 is 4.74 Å². The molecule has 0 aliphatic carbocycles. The predicted molar refractivity (Wildman–Crippen MR) is 115 cm³/mol. The van der Waals surface area contributed by atoms with Crippen LogP contribution in [-0.2, 0) is 4.74 Å². The van der Waals surface area contributed by atoms with Crippen LogP contribution in [0.1, 0.15) is 35.8 Å². The van der Waals surface area contributed by atoms with Gasteiger partial charge in [0.1, 0.15) is 6.04 Å². The van der Waals surface area contributed by atoms with Crippen molar-refractivity contribution in [3.05, 3.63) is 59.4 Å². The number of morpholine rings is 1. The molecule has 0 saturated carbocycles. The lowest BCUT2D eigenvalue weighted by Gasteiger charge is -2.31. The Balaban J connectivity index is 1.50. The summed E-state index contributed by atoms with van der Waals surface area (Å²) in [6.07, 6.45) is 1.88. The van der Waals surface area contributed by atoms with Crippen LogP contribution in [0.3, 0.4) is 0 Å². The second-order valence-corrected chi connectivity index (χ2v) is 9.18. The van der Waals surface area contributed by atoms with E-state index in [1.54, 1.807) is 0 Å². The van der Waals surface area contributed by atoms with Crippen LogP contribution in [0.5, 0.6) is 0 Å². The molecule has 1 aromatic carbocycles. The fourth-order valence-corrected chi connectivity index (χ4v) is 5.56. The molecule has 5 nitrogen and oxygen atoms in total. The van der Waals surface area contributed by atoms with E-state index in [9.17, 15) is 0 Å². The Labute approximate surface area is 170 Å². The molecule has 0 unspecified atom stereocenters. The van der Waals surface area contributed by atoms with Crippen molar-refractivity contribution >= 4 is 22.6 Å². The number of aryl methyl sites for hydroxylation is 1. The number of benzene rings is 1. The molecule has 3 aliphatic rings. The standard InChI is InChI=1S/C22H26N4OS/c1-15-13-17(25-9-11-27-12-10-25)6-7-18(15)21-20(19-5-3-4-8-23-19)24-22-26(21)14-16(2)28-22/h3-8,13,16,20-21H,9-12,14H2,1-2H3/t16-,20+,21+/m0/s1. The molecule has 4 heterocycles. The van der Waals surface area contributed by atoms with Gasteiger partial charge in [0.25, 0.3) is 0 Å². The Morgan fingerprint density at radius 3 is 2.75 bits per heavy atom. The van der Waals surface area contributed by atoms with E-state index in [4.69, 9.17) is 9.73 Å². The zero-order valence-electron chi connectivity index (χ0n) is 16.4. The Hall–Kier alpha value is -2.05. The maximum atomic E-state index is 5.50.